The van der Waals surface area contributed by atoms with Gasteiger partial charge in [-0.2, -0.15) is 5.10 Å². The largest absolute Gasteiger partial charge is 0.439 e. The number of hydrogen-bond donors (Lipinski definition) is 0. The summed E-state index contributed by atoms with van der Waals surface area (Å²) in [6.07, 6.45) is 2.91. The molecule has 160 valence electrons. The molecule has 0 saturated carbocycles. The molecule has 7 nitrogen and oxygen atoms in total. The van der Waals surface area contributed by atoms with Crippen LogP contribution in [0.25, 0.3) is 10.6 Å². The van der Waals surface area contributed by atoms with E-state index in [1.165, 1.54) is 0 Å². The first-order chi connectivity index (χ1) is 15.2. The molecule has 0 radical (unpaired) electrons. The van der Waals surface area contributed by atoms with Crippen molar-refractivity contribution in [2.45, 2.75) is 31.5 Å². The molecule has 2 aromatic heterocycles. The van der Waals surface area contributed by atoms with Gasteiger partial charge in [0.05, 0.1) is 11.4 Å². The van der Waals surface area contributed by atoms with E-state index in [2.05, 4.69) is 5.10 Å². The minimum atomic E-state index is -0.253. The number of hydrogen-bond acceptors (Lipinski definition) is 5. The molecule has 0 N–H and O–H groups in total. The maximum absolute atomic E-state index is 12.8. The summed E-state index contributed by atoms with van der Waals surface area (Å²) in [5, 5.41) is 6.54. The maximum atomic E-state index is 12.8. The molecule has 2 aliphatic heterocycles. The van der Waals surface area contributed by atoms with E-state index in [0.29, 0.717) is 19.6 Å². The summed E-state index contributed by atoms with van der Waals surface area (Å²) >= 11 is 1.63. The van der Waals surface area contributed by atoms with Gasteiger partial charge in [0.1, 0.15) is 18.3 Å². The molecule has 1 aromatic carbocycles. The average molecular weight is 437 g/mol. The van der Waals surface area contributed by atoms with Crippen molar-refractivity contribution in [3.63, 3.8) is 0 Å². The summed E-state index contributed by atoms with van der Waals surface area (Å²) < 4.78 is 7.30. The number of rotatable bonds is 5. The fourth-order valence-electron chi connectivity index (χ4n) is 4.29. The van der Waals surface area contributed by atoms with Crippen LogP contribution in [0.3, 0.4) is 0 Å². The number of cyclic esters (lactones) is 1. The van der Waals surface area contributed by atoms with Crippen LogP contribution in [0, 0.1) is 0 Å². The van der Waals surface area contributed by atoms with E-state index in [0.717, 1.165) is 29.0 Å². The molecule has 0 aliphatic carbocycles. The molecule has 4 heterocycles. The van der Waals surface area contributed by atoms with Crippen molar-refractivity contribution in [1.29, 1.82) is 0 Å². The van der Waals surface area contributed by atoms with Gasteiger partial charge < -0.3 is 14.5 Å². The SMILES string of the molecule is O=C(Cn1ccc(-c2cccs2)n1)N1CCC(N2CC(c3ccccc3)OC2=O)CC1. The molecular formula is C23H24N4O3S. The smallest absolute Gasteiger partial charge is 0.410 e. The van der Waals surface area contributed by atoms with Gasteiger partial charge in [0.25, 0.3) is 0 Å². The summed E-state index contributed by atoms with van der Waals surface area (Å²) in [4.78, 5) is 30.0. The number of aromatic nitrogens is 2. The Balaban J connectivity index is 1.14. The van der Waals surface area contributed by atoms with Crippen molar-refractivity contribution < 1.29 is 14.3 Å². The molecule has 2 amide bonds. The van der Waals surface area contributed by atoms with E-state index in [4.69, 9.17) is 4.74 Å². The zero-order valence-electron chi connectivity index (χ0n) is 17.1. The number of carbonyl (C=O) groups is 2. The summed E-state index contributed by atoms with van der Waals surface area (Å²) in [6, 6.07) is 15.9. The number of ether oxygens (including phenoxy) is 1. The van der Waals surface area contributed by atoms with Crippen molar-refractivity contribution >= 4 is 23.3 Å². The monoisotopic (exact) mass is 436 g/mol. The second-order valence-electron chi connectivity index (χ2n) is 7.92. The summed E-state index contributed by atoms with van der Waals surface area (Å²) in [7, 11) is 0. The predicted molar refractivity (Wildman–Crippen MR) is 118 cm³/mol. The van der Waals surface area contributed by atoms with Gasteiger partial charge >= 0.3 is 6.09 Å². The van der Waals surface area contributed by atoms with E-state index in [1.54, 1.807) is 16.0 Å². The zero-order valence-corrected chi connectivity index (χ0v) is 17.9. The van der Waals surface area contributed by atoms with E-state index >= 15 is 0 Å². The van der Waals surface area contributed by atoms with Gasteiger partial charge in [-0.25, -0.2) is 4.79 Å². The zero-order chi connectivity index (χ0) is 21.2. The molecular weight excluding hydrogens is 412 g/mol. The molecule has 5 rings (SSSR count). The highest BCUT2D eigenvalue weighted by molar-refractivity contribution is 7.13. The first kappa shape index (κ1) is 19.8. The Labute approximate surface area is 184 Å². The van der Waals surface area contributed by atoms with Crippen molar-refractivity contribution in [2.75, 3.05) is 19.6 Å². The Morgan fingerprint density at radius 2 is 1.90 bits per heavy atom. The third-order valence-electron chi connectivity index (χ3n) is 5.98. The van der Waals surface area contributed by atoms with Gasteiger partial charge in [-0.1, -0.05) is 36.4 Å². The minimum Gasteiger partial charge on any atom is -0.439 e. The highest BCUT2D eigenvalue weighted by Crippen LogP contribution is 2.30. The molecule has 2 aliphatic rings. The quantitative estimate of drug-likeness (QED) is 0.610. The molecule has 8 heteroatoms. The van der Waals surface area contributed by atoms with Gasteiger partial charge in [0.15, 0.2) is 0 Å². The first-order valence-electron chi connectivity index (χ1n) is 10.5. The van der Waals surface area contributed by atoms with Crippen LogP contribution in [0.1, 0.15) is 24.5 Å². The van der Waals surface area contributed by atoms with Gasteiger partial charge in [0, 0.05) is 25.3 Å². The maximum Gasteiger partial charge on any atom is 0.410 e. The van der Waals surface area contributed by atoms with Gasteiger partial charge in [-0.3, -0.25) is 9.48 Å². The number of likely N-dealkylation sites (tertiary alicyclic amines) is 1. The van der Waals surface area contributed by atoms with E-state index < -0.39 is 0 Å². The summed E-state index contributed by atoms with van der Waals surface area (Å²) in [5.41, 5.74) is 1.91. The van der Waals surface area contributed by atoms with Gasteiger partial charge in [-0.05, 0) is 35.9 Å². The van der Waals surface area contributed by atoms with Crippen molar-refractivity contribution in [1.82, 2.24) is 19.6 Å². The Kier molecular flexibility index (Phi) is 5.46. The molecule has 0 spiro atoms. The van der Waals surface area contributed by atoms with Crippen LogP contribution in [-0.2, 0) is 16.1 Å². The topological polar surface area (TPSA) is 67.7 Å². The number of amides is 2. The molecule has 31 heavy (non-hydrogen) atoms. The van der Waals surface area contributed by atoms with Gasteiger partial charge in [0.2, 0.25) is 5.91 Å². The number of carbonyl (C=O) groups excluding carboxylic acids is 2. The van der Waals surface area contributed by atoms with E-state index in [-0.39, 0.29) is 30.7 Å². The van der Waals surface area contributed by atoms with Crippen LogP contribution < -0.4 is 0 Å². The summed E-state index contributed by atoms with van der Waals surface area (Å²) in [5.74, 6) is 0.0606. The normalized spacial score (nSPS) is 19.6. The standard InChI is InChI=1S/C23H24N4O3S/c28-22(16-26-13-10-19(24-26)21-7-4-14-31-21)25-11-8-18(9-12-25)27-15-20(30-23(27)29)17-5-2-1-3-6-17/h1-7,10,13-14,18,20H,8-9,11-12,15-16H2. The van der Waals surface area contributed by atoms with Crippen LogP contribution in [-0.4, -0.2) is 57.3 Å². The van der Waals surface area contributed by atoms with Crippen LogP contribution in [0.4, 0.5) is 4.79 Å². The molecule has 0 bridgehead atoms. The Bertz CT molecular complexity index is 1040. The minimum absolute atomic E-state index is 0.0606. The first-order valence-corrected chi connectivity index (χ1v) is 11.4. The number of benzene rings is 1. The van der Waals surface area contributed by atoms with Crippen LogP contribution in [0.15, 0.2) is 60.1 Å². The van der Waals surface area contributed by atoms with Gasteiger partial charge in [-0.15, -0.1) is 11.3 Å². The lowest BCUT2D eigenvalue weighted by Gasteiger charge is -2.35. The fourth-order valence-corrected chi connectivity index (χ4v) is 4.98. The molecule has 1 unspecified atom stereocenters. The number of nitrogens with zero attached hydrogens (tertiary/aromatic N) is 4. The third-order valence-corrected chi connectivity index (χ3v) is 6.87. The lowest BCUT2D eigenvalue weighted by molar-refractivity contribution is -0.133. The lowest BCUT2D eigenvalue weighted by atomic mass is 10.0. The van der Waals surface area contributed by atoms with E-state index in [9.17, 15) is 9.59 Å². The summed E-state index contributed by atoms with van der Waals surface area (Å²) in [6.45, 7) is 2.09. The predicted octanol–water partition coefficient (Wildman–Crippen LogP) is 3.80. The Morgan fingerprint density at radius 3 is 2.65 bits per heavy atom. The number of piperidine rings is 1. The highest BCUT2D eigenvalue weighted by atomic mass is 32.1. The van der Waals surface area contributed by atoms with E-state index in [1.807, 2.05) is 69.9 Å². The molecule has 2 saturated heterocycles. The Morgan fingerprint density at radius 1 is 1.10 bits per heavy atom. The van der Waals surface area contributed by atoms with Crippen molar-refractivity contribution in [3.8, 4) is 10.6 Å². The average Bonchev–Trinajstić information content (AvgIpc) is 3.55. The van der Waals surface area contributed by atoms with Crippen molar-refractivity contribution in [2.24, 2.45) is 0 Å². The fraction of sp³-hybridized carbons (Fsp3) is 0.348. The highest BCUT2D eigenvalue weighted by Gasteiger charge is 2.38. The second kappa shape index (κ2) is 8.55. The van der Waals surface area contributed by atoms with Crippen LogP contribution >= 0.6 is 11.3 Å². The second-order valence-corrected chi connectivity index (χ2v) is 8.87. The molecule has 3 aromatic rings. The number of thiophene rings is 1. The molecule has 2 fully saturated rings. The lowest BCUT2D eigenvalue weighted by Crippen LogP contribution is -2.47. The Hall–Kier alpha value is -3.13. The van der Waals surface area contributed by atoms with Crippen LogP contribution in [0.2, 0.25) is 0 Å². The molecule has 1 atom stereocenters. The third kappa shape index (κ3) is 4.20. The van der Waals surface area contributed by atoms with Crippen molar-refractivity contribution in [3.05, 3.63) is 65.7 Å². The van der Waals surface area contributed by atoms with Crippen LogP contribution in [0.5, 0.6) is 0 Å².